The van der Waals surface area contributed by atoms with Crippen LogP contribution in [0.15, 0.2) is 41.8 Å². The number of nitrogens with one attached hydrogen (secondary N) is 1. The summed E-state index contributed by atoms with van der Waals surface area (Å²) in [6.07, 6.45) is 2.62. The summed E-state index contributed by atoms with van der Waals surface area (Å²) in [5.41, 5.74) is 4.03. The van der Waals surface area contributed by atoms with E-state index in [1.807, 2.05) is 11.3 Å². The van der Waals surface area contributed by atoms with Crippen LogP contribution in [0.1, 0.15) is 41.9 Å². The molecule has 1 aromatic carbocycles. The highest BCUT2D eigenvalue weighted by atomic mass is 32.1. The van der Waals surface area contributed by atoms with Crippen molar-refractivity contribution < 1.29 is 0 Å². The second kappa shape index (κ2) is 6.14. The van der Waals surface area contributed by atoms with Gasteiger partial charge in [0, 0.05) is 27.0 Å². The van der Waals surface area contributed by atoms with Gasteiger partial charge < -0.3 is 4.98 Å². The second-order valence-corrected chi connectivity index (χ2v) is 7.82. The lowest BCUT2D eigenvalue weighted by Gasteiger charge is -2.36. The average molecular weight is 324 g/mol. The molecule has 23 heavy (non-hydrogen) atoms. The Hall–Kier alpha value is -1.58. The number of rotatable bonds is 3. The molecule has 1 N–H and O–H groups in total. The number of likely N-dealkylation sites (tertiary alicyclic amines) is 1. The molecule has 0 unspecified atom stereocenters. The summed E-state index contributed by atoms with van der Waals surface area (Å²) in [5.74, 6) is 0.860. The van der Waals surface area contributed by atoms with Crippen LogP contribution in [0.4, 0.5) is 0 Å². The number of aromatic nitrogens is 1. The zero-order chi connectivity index (χ0) is 15.8. The summed E-state index contributed by atoms with van der Waals surface area (Å²) in [6, 6.07) is 13.6. The van der Waals surface area contributed by atoms with E-state index in [0.717, 1.165) is 5.92 Å². The van der Waals surface area contributed by atoms with Crippen LogP contribution in [0, 0.1) is 12.8 Å². The van der Waals surface area contributed by atoms with Crippen molar-refractivity contribution in [3.05, 3.63) is 57.9 Å². The van der Waals surface area contributed by atoms with Crippen molar-refractivity contribution in [3.63, 3.8) is 0 Å². The summed E-state index contributed by atoms with van der Waals surface area (Å²) in [5, 5.41) is 3.58. The fourth-order valence-electron chi connectivity index (χ4n) is 3.89. The maximum absolute atomic E-state index is 3.60. The zero-order valence-corrected chi connectivity index (χ0v) is 14.7. The molecule has 0 amide bonds. The number of aryl methyl sites for hydroxylation is 1. The molecule has 0 spiro atoms. The van der Waals surface area contributed by atoms with Crippen molar-refractivity contribution >= 4 is 22.2 Å². The normalized spacial score (nSPS) is 18.5. The molecule has 1 saturated heterocycles. The van der Waals surface area contributed by atoms with Gasteiger partial charge in [-0.2, -0.15) is 0 Å². The summed E-state index contributed by atoms with van der Waals surface area (Å²) in [4.78, 5) is 7.75. The molecule has 1 aliphatic rings. The molecule has 2 nitrogen and oxygen atoms in total. The van der Waals surface area contributed by atoms with Crippen molar-refractivity contribution in [1.82, 2.24) is 9.88 Å². The van der Waals surface area contributed by atoms with Crippen LogP contribution >= 0.6 is 11.3 Å². The molecule has 1 fully saturated rings. The fraction of sp³-hybridized carbons (Fsp3) is 0.400. The lowest BCUT2D eigenvalue weighted by molar-refractivity contribution is 0.160. The Bertz CT molecular complexity index is 779. The van der Waals surface area contributed by atoms with E-state index in [-0.39, 0.29) is 0 Å². The third-order valence-corrected chi connectivity index (χ3v) is 6.14. The molecule has 1 atom stereocenters. The molecule has 0 saturated carbocycles. The first kappa shape index (κ1) is 15.0. The minimum atomic E-state index is 0.388. The highest BCUT2D eigenvalue weighted by Gasteiger charge is 2.29. The van der Waals surface area contributed by atoms with Crippen LogP contribution in [-0.2, 0) is 0 Å². The lowest BCUT2D eigenvalue weighted by Crippen LogP contribution is -2.36. The van der Waals surface area contributed by atoms with E-state index in [4.69, 9.17) is 0 Å². The van der Waals surface area contributed by atoms with Crippen LogP contribution in [0.25, 0.3) is 10.9 Å². The molecule has 1 aliphatic heterocycles. The van der Waals surface area contributed by atoms with Crippen molar-refractivity contribution in [2.45, 2.75) is 32.7 Å². The first-order valence-electron chi connectivity index (χ1n) is 8.58. The first-order chi connectivity index (χ1) is 11.2. The van der Waals surface area contributed by atoms with E-state index in [0.29, 0.717) is 6.04 Å². The molecule has 3 heterocycles. The van der Waals surface area contributed by atoms with Gasteiger partial charge in [0.05, 0.1) is 6.04 Å². The SMILES string of the molecule is Cc1[nH]c2ccccc2c1[C@@H](c1cccs1)N1CCC(C)CC1. The van der Waals surface area contributed by atoms with Crippen molar-refractivity contribution in [2.75, 3.05) is 13.1 Å². The van der Waals surface area contributed by atoms with Gasteiger partial charge in [-0.25, -0.2) is 0 Å². The van der Waals surface area contributed by atoms with Crippen LogP contribution < -0.4 is 0 Å². The van der Waals surface area contributed by atoms with Crippen LogP contribution in [0.3, 0.4) is 0 Å². The third-order valence-electron chi connectivity index (χ3n) is 5.21. The Morgan fingerprint density at radius 2 is 1.91 bits per heavy atom. The van der Waals surface area contributed by atoms with Gasteiger partial charge >= 0.3 is 0 Å². The van der Waals surface area contributed by atoms with Gasteiger partial charge in [-0.1, -0.05) is 31.2 Å². The lowest BCUT2D eigenvalue weighted by atomic mass is 9.94. The first-order valence-corrected chi connectivity index (χ1v) is 9.46. The molecule has 2 aromatic heterocycles. The predicted molar refractivity (Wildman–Crippen MR) is 99.2 cm³/mol. The molecule has 3 aromatic rings. The van der Waals surface area contributed by atoms with Crippen LogP contribution in [0.5, 0.6) is 0 Å². The van der Waals surface area contributed by atoms with Gasteiger partial charge in [-0.3, -0.25) is 4.90 Å². The Kier molecular flexibility index (Phi) is 4.00. The van der Waals surface area contributed by atoms with E-state index < -0.39 is 0 Å². The number of nitrogens with zero attached hydrogens (tertiary/aromatic N) is 1. The Balaban J connectivity index is 1.83. The molecule has 4 rings (SSSR count). The van der Waals surface area contributed by atoms with E-state index in [1.54, 1.807) is 0 Å². The predicted octanol–water partition coefficient (Wildman–Crippen LogP) is 5.36. The molecular weight excluding hydrogens is 300 g/mol. The quantitative estimate of drug-likeness (QED) is 0.687. The largest absolute Gasteiger partial charge is 0.358 e. The maximum Gasteiger partial charge on any atom is 0.0719 e. The van der Waals surface area contributed by atoms with Gasteiger partial charge in [0.1, 0.15) is 0 Å². The number of aromatic amines is 1. The van der Waals surface area contributed by atoms with Gasteiger partial charge in [0.15, 0.2) is 0 Å². The number of H-pyrrole nitrogens is 1. The van der Waals surface area contributed by atoms with Crippen LogP contribution in [0.2, 0.25) is 0 Å². The number of thiophene rings is 1. The second-order valence-electron chi connectivity index (χ2n) is 6.85. The van der Waals surface area contributed by atoms with Gasteiger partial charge in [-0.05, 0) is 56.3 Å². The van der Waals surface area contributed by atoms with E-state index in [1.165, 1.54) is 53.0 Å². The molecule has 3 heteroatoms. The van der Waals surface area contributed by atoms with E-state index >= 15 is 0 Å². The van der Waals surface area contributed by atoms with Gasteiger partial charge in [0.25, 0.3) is 0 Å². The van der Waals surface area contributed by atoms with Crippen molar-refractivity contribution in [2.24, 2.45) is 5.92 Å². The molecular formula is C20H24N2S. The Morgan fingerprint density at radius 3 is 2.65 bits per heavy atom. The molecule has 0 aliphatic carbocycles. The molecule has 0 radical (unpaired) electrons. The Morgan fingerprint density at radius 1 is 1.13 bits per heavy atom. The minimum Gasteiger partial charge on any atom is -0.358 e. The topological polar surface area (TPSA) is 19.0 Å². The summed E-state index contributed by atoms with van der Waals surface area (Å²) >= 11 is 1.89. The number of para-hydroxylation sites is 1. The monoisotopic (exact) mass is 324 g/mol. The molecule has 120 valence electrons. The highest BCUT2D eigenvalue weighted by Crippen LogP contribution is 2.39. The number of benzene rings is 1. The summed E-state index contributed by atoms with van der Waals surface area (Å²) in [7, 11) is 0. The van der Waals surface area contributed by atoms with Crippen LogP contribution in [-0.4, -0.2) is 23.0 Å². The summed E-state index contributed by atoms with van der Waals surface area (Å²) in [6.45, 7) is 7.00. The van der Waals surface area contributed by atoms with Gasteiger partial charge in [-0.15, -0.1) is 11.3 Å². The number of piperidine rings is 1. The Labute approximate surface area is 142 Å². The average Bonchev–Trinajstić information content (AvgIpc) is 3.18. The standard InChI is InChI=1S/C20H24N2S/c1-14-9-11-22(12-10-14)20(18-8-5-13-23-18)19-15(2)21-17-7-4-3-6-16(17)19/h3-8,13-14,20-21H,9-12H2,1-2H3/t20-/m1/s1. The number of hydrogen-bond donors (Lipinski definition) is 1. The summed E-state index contributed by atoms with van der Waals surface area (Å²) < 4.78 is 0. The smallest absolute Gasteiger partial charge is 0.0719 e. The highest BCUT2D eigenvalue weighted by molar-refractivity contribution is 7.10. The number of hydrogen-bond acceptors (Lipinski definition) is 2. The van der Waals surface area contributed by atoms with E-state index in [9.17, 15) is 0 Å². The van der Waals surface area contributed by atoms with Gasteiger partial charge in [0.2, 0.25) is 0 Å². The van der Waals surface area contributed by atoms with Crippen molar-refractivity contribution in [3.8, 4) is 0 Å². The minimum absolute atomic E-state index is 0.388. The van der Waals surface area contributed by atoms with Crippen molar-refractivity contribution in [1.29, 1.82) is 0 Å². The third kappa shape index (κ3) is 2.73. The fourth-order valence-corrected chi connectivity index (χ4v) is 4.76. The van der Waals surface area contributed by atoms with E-state index in [2.05, 4.69) is 65.5 Å². The molecule has 0 bridgehead atoms. The zero-order valence-electron chi connectivity index (χ0n) is 13.9. The maximum atomic E-state index is 3.60. The number of fused-ring (bicyclic) bond motifs is 1.